The smallest absolute Gasteiger partial charge is 0.268 e. The minimum absolute atomic E-state index is 0.0370. The molecule has 2 aromatic rings. The predicted molar refractivity (Wildman–Crippen MR) is 115 cm³/mol. The molecule has 30 heavy (non-hydrogen) atoms. The fraction of sp³-hybridized carbons (Fsp3) is 0.435. The number of Topliss-reactive ketones (excluding diaryl/α,β-unsaturated/α-hetero) is 1. The molecule has 1 amide bonds. The Labute approximate surface area is 180 Å². The summed E-state index contributed by atoms with van der Waals surface area (Å²) in [5, 5.41) is 3.39. The van der Waals surface area contributed by atoms with Crippen molar-refractivity contribution in [2.75, 3.05) is 13.2 Å². The fourth-order valence-corrected chi connectivity index (χ4v) is 4.40. The van der Waals surface area contributed by atoms with Crippen LogP contribution in [0.2, 0.25) is 5.02 Å². The molecule has 6 nitrogen and oxygen atoms in total. The maximum atomic E-state index is 13.4. The number of carbonyl (C=O) groups is 2. The standard InChI is InChI=1S/C23H25ClN2O4/c1-23(2)10-17-18(19(27)11-23)13-26(15-7-5-14(24)6-8-15)22(29)20(17)21(28)25-12-16-4-3-9-30-16/h5-8,13,16H,3-4,9-12H2,1-2H3,(H,25,28)/t16-/m1/s1. The summed E-state index contributed by atoms with van der Waals surface area (Å²) in [6, 6.07) is 6.73. The highest BCUT2D eigenvalue weighted by Crippen LogP contribution is 2.35. The van der Waals surface area contributed by atoms with E-state index in [0.29, 0.717) is 47.8 Å². The number of carbonyl (C=O) groups excluding carboxylic acids is 2. The summed E-state index contributed by atoms with van der Waals surface area (Å²) in [6.45, 7) is 4.99. The zero-order valence-electron chi connectivity index (χ0n) is 17.2. The van der Waals surface area contributed by atoms with Crippen molar-refractivity contribution in [2.24, 2.45) is 5.41 Å². The van der Waals surface area contributed by atoms with E-state index in [1.165, 1.54) is 4.57 Å². The molecular weight excluding hydrogens is 404 g/mol. The van der Waals surface area contributed by atoms with E-state index in [2.05, 4.69) is 5.32 Å². The van der Waals surface area contributed by atoms with Crippen molar-refractivity contribution in [2.45, 2.75) is 45.6 Å². The van der Waals surface area contributed by atoms with E-state index in [4.69, 9.17) is 16.3 Å². The number of ether oxygens (including phenoxy) is 1. The lowest BCUT2D eigenvalue weighted by molar-refractivity contribution is 0.0853. The minimum atomic E-state index is -0.458. The molecule has 2 heterocycles. The third-order valence-corrected chi connectivity index (χ3v) is 6.01. The van der Waals surface area contributed by atoms with Gasteiger partial charge < -0.3 is 10.1 Å². The number of nitrogens with one attached hydrogen (secondary N) is 1. The quantitative estimate of drug-likeness (QED) is 0.807. The molecule has 1 atom stereocenters. The largest absolute Gasteiger partial charge is 0.376 e. The van der Waals surface area contributed by atoms with Gasteiger partial charge in [0.25, 0.3) is 11.5 Å². The first kappa shape index (κ1) is 20.8. The van der Waals surface area contributed by atoms with Crippen molar-refractivity contribution in [3.05, 3.63) is 62.5 Å². The van der Waals surface area contributed by atoms with Gasteiger partial charge >= 0.3 is 0 Å². The Morgan fingerprint density at radius 2 is 1.97 bits per heavy atom. The highest BCUT2D eigenvalue weighted by molar-refractivity contribution is 6.30. The molecule has 1 N–H and O–H groups in total. The third-order valence-electron chi connectivity index (χ3n) is 5.76. The summed E-state index contributed by atoms with van der Waals surface area (Å²) in [6.07, 6.45) is 4.24. The van der Waals surface area contributed by atoms with E-state index in [1.807, 2.05) is 13.8 Å². The van der Waals surface area contributed by atoms with Crippen molar-refractivity contribution in [3.8, 4) is 5.69 Å². The molecule has 4 rings (SSSR count). The van der Waals surface area contributed by atoms with Gasteiger partial charge in [-0.25, -0.2) is 0 Å². The van der Waals surface area contributed by atoms with Gasteiger partial charge in [0.2, 0.25) is 0 Å². The van der Waals surface area contributed by atoms with Gasteiger partial charge in [-0.2, -0.15) is 0 Å². The summed E-state index contributed by atoms with van der Waals surface area (Å²) in [5.41, 5.74) is 0.820. The van der Waals surface area contributed by atoms with Gasteiger partial charge in [-0.1, -0.05) is 25.4 Å². The van der Waals surface area contributed by atoms with Gasteiger partial charge in [-0.15, -0.1) is 0 Å². The SMILES string of the molecule is CC1(C)CC(=O)c2cn(-c3ccc(Cl)cc3)c(=O)c(C(=O)NC[C@H]3CCCO3)c2C1. The molecular formula is C23H25ClN2O4. The molecule has 2 aliphatic rings. The molecule has 0 saturated carbocycles. The number of hydrogen-bond donors (Lipinski definition) is 1. The van der Waals surface area contributed by atoms with Crippen LogP contribution in [0.4, 0.5) is 0 Å². The summed E-state index contributed by atoms with van der Waals surface area (Å²) >= 11 is 5.98. The van der Waals surface area contributed by atoms with Gasteiger partial charge in [0, 0.05) is 42.0 Å². The van der Waals surface area contributed by atoms with Crippen LogP contribution in [-0.4, -0.2) is 35.5 Å². The third kappa shape index (κ3) is 4.07. The van der Waals surface area contributed by atoms with Crippen LogP contribution in [0.15, 0.2) is 35.3 Å². The molecule has 7 heteroatoms. The first-order chi connectivity index (χ1) is 14.2. The van der Waals surface area contributed by atoms with Crippen LogP contribution in [-0.2, 0) is 11.2 Å². The lowest BCUT2D eigenvalue weighted by Crippen LogP contribution is -2.40. The monoisotopic (exact) mass is 428 g/mol. The van der Waals surface area contributed by atoms with Gasteiger partial charge in [0.15, 0.2) is 5.78 Å². The van der Waals surface area contributed by atoms with Crippen molar-refractivity contribution < 1.29 is 14.3 Å². The summed E-state index contributed by atoms with van der Waals surface area (Å²) in [5.74, 6) is -0.516. The molecule has 1 aromatic carbocycles. The highest BCUT2D eigenvalue weighted by Gasteiger charge is 2.36. The zero-order valence-corrected chi connectivity index (χ0v) is 17.9. The number of ketones is 1. The number of nitrogens with zero attached hydrogens (tertiary/aromatic N) is 1. The van der Waals surface area contributed by atoms with Crippen LogP contribution in [0, 0.1) is 5.41 Å². The lowest BCUT2D eigenvalue weighted by atomic mass is 9.73. The number of aromatic nitrogens is 1. The van der Waals surface area contributed by atoms with Crippen LogP contribution in [0.25, 0.3) is 5.69 Å². The number of pyridine rings is 1. The molecule has 1 saturated heterocycles. The summed E-state index contributed by atoms with van der Waals surface area (Å²) in [4.78, 5) is 39.4. The summed E-state index contributed by atoms with van der Waals surface area (Å²) in [7, 11) is 0. The van der Waals surface area contributed by atoms with Gasteiger partial charge in [-0.3, -0.25) is 19.0 Å². The molecule has 1 aliphatic carbocycles. The van der Waals surface area contributed by atoms with E-state index in [-0.39, 0.29) is 22.9 Å². The number of rotatable bonds is 4. The zero-order chi connectivity index (χ0) is 21.5. The van der Waals surface area contributed by atoms with Crippen molar-refractivity contribution >= 4 is 23.3 Å². The van der Waals surface area contributed by atoms with Crippen LogP contribution in [0.1, 0.15) is 59.4 Å². The van der Waals surface area contributed by atoms with Crippen LogP contribution in [0.3, 0.4) is 0 Å². The number of hydrogen-bond acceptors (Lipinski definition) is 4. The normalized spacial score (nSPS) is 20.1. The van der Waals surface area contributed by atoms with E-state index in [0.717, 1.165) is 12.8 Å². The number of halogens is 1. The van der Waals surface area contributed by atoms with Crippen LogP contribution in [0.5, 0.6) is 0 Å². The molecule has 158 valence electrons. The predicted octanol–water partition coefficient (Wildman–Crippen LogP) is 3.55. The topological polar surface area (TPSA) is 77.4 Å². The van der Waals surface area contributed by atoms with Crippen molar-refractivity contribution in [1.29, 1.82) is 0 Å². The van der Waals surface area contributed by atoms with Crippen LogP contribution >= 0.6 is 11.6 Å². The first-order valence-electron chi connectivity index (χ1n) is 10.2. The van der Waals surface area contributed by atoms with Gasteiger partial charge in [0.05, 0.1) is 6.10 Å². The lowest BCUT2D eigenvalue weighted by Gasteiger charge is -2.31. The maximum Gasteiger partial charge on any atom is 0.268 e. The highest BCUT2D eigenvalue weighted by atomic mass is 35.5. The van der Waals surface area contributed by atoms with E-state index >= 15 is 0 Å². The molecule has 1 fully saturated rings. The Bertz CT molecular complexity index is 1050. The second-order valence-corrected chi connectivity index (χ2v) is 9.27. The molecule has 0 unspecified atom stereocenters. The Balaban J connectivity index is 1.81. The van der Waals surface area contributed by atoms with Crippen molar-refractivity contribution in [3.63, 3.8) is 0 Å². The van der Waals surface area contributed by atoms with E-state index < -0.39 is 11.5 Å². The number of benzene rings is 1. The van der Waals surface area contributed by atoms with Gasteiger partial charge in [0.1, 0.15) is 5.56 Å². The van der Waals surface area contributed by atoms with Crippen molar-refractivity contribution in [1.82, 2.24) is 9.88 Å². The Morgan fingerprint density at radius 3 is 2.63 bits per heavy atom. The molecule has 0 radical (unpaired) electrons. The number of fused-ring (bicyclic) bond motifs is 1. The average molecular weight is 429 g/mol. The molecule has 1 aliphatic heterocycles. The van der Waals surface area contributed by atoms with E-state index in [1.54, 1.807) is 30.5 Å². The summed E-state index contributed by atoms with van der Waals surface area (Å²) < 4.78 is 6.94. The fourth-order valence-electron chi connectivity index (χ4n) is 4.27. The van der Waals surface area contributed by atoms with Gasteiger partial charge in [-0.05, 0) is 54.5 Å². The Morgan fingerprint density at radius 1 is 1.23 bits per heavy atom. The second kappa shape index (κ2) is 8.00. The molecule has 0 bridgehead atoms. The Kier molecular flexibility index (Phi) is 5.55. The first-order valence-corrected chi connectivity index (χ1v) is 10.6. The average Bonchev–Trinajstić information content (AvgIpc) is 3.19. The van der Waals surface area contributed by atoms with E-state index in [9.17, 15) is 14.4 Å². The van der Waals surface area contributed by atoms with Crippen LogP contribution < -0.4 is 10.9 Å². The number of amides is 1. The molecule has 1 aromatic heterocycles. The Hall–Kier alpha value is -2.44. The maximum absolute atomic E-state index is 13.4. The molecule has 0 spiro atoms. The second-order valence-electron chi connectivity index (χ2n) is 8.83. The minimum Gasteiger partial charge on any atom is -0.376 e.